The van der Waals surface area contributed by atoms with E-state index in [0.717, 1.165) is 0 Å². The molecular weight excluding hydrogens is 486 g/mol. The first kappa shape index (κ1) is 42.7. The van der Waals surface area contributed by atoms with E-state index in [0.29, 0.717) is 0 Å². The molecule has 0 aromatic heterocycles. The summed E-state index contributed by atoms with van der Waals surface area (Å²) in [7, 11) is 0. The van der Waals surface area contributed by atoms with Crippen molar-refractivity contribution in [3.05, 3.63) is 0 Å². The van der Waals surface area contributed by atoms with E-state index in [1.54, 1.807) is 0 Å². The van der Waals surface area contributed by atoms with Gasteiger partial charge in [-0.3, -0.25) is 0 Å². The molecule has 0 unspecified atom stereocenters. The topological polar surface area (TPSA) is 316 Å². The van der Waals surface area contributed by atoms with E-state index >= 15 is 0 Å². The molecule has 0 aromatic carbocycles. The Bertz CT molecular complexity index is 211. The van der Waals surface area contributed by atoms with Gasteiger partial charge in [-0.2, -0.15) is 0 Å². The molecule has 0 saturated heterocycles. The summed E-state index contributed by atoms with van der Waals surface area (Å²) in [6.45, 7) is 0. The molecule has 0 heterocycles. The minimum Gasteiger partial charge on any atom is -0.652 e. The van der Waals surface area contributed by atoms with E-state index in [1.807, 2.05) is 0 Å². The second-order valence-electron chi connectivity index (χ2n) is 1.25. The van der Waals surface area contributed by atoms with E-state index in [1.165, 1.54) is 0 Å². The van der Waals surface area contributed by atoms with Gasteiger partial charge in [-0.15, -0.1) is 0 Å². The maximum absolute atomic E-state index is 8.33. The van der Waals surface area contributed by atoms with Crippen LogP contribution in [0, 0.1) is 0 Å². The van der Waals surface area contributed by atoms with Crippen molar-refractivity contribution in [2.24, 2.45) is 0 Å². The van der Waals surface area contributed by atoms with Crippen molar-refractivity contribution in [3.63, 3.8) is 0 Å². The van der Waals surface area contributed by atoms with Crippen molar-refractivity contribution in [1.82, 2.24) is 0 Å². The Balaban J connectivity index is -0.0000000250. The number of carbonyl (C=O) groups excluding carboxylic acids is 5. The van der Waals surface area contributed by atoms with Crippen LogP contribution in [-0.2, 0) is 44.8 Å². The molecule has 0 aliphatic carbocycles. The van der Waals surface area contributed by atoms with Crippen LogP contribution in [0.15, 0.2) is 0 Å². The number of hydrogen-bond acceptors (Lipinski definition) is 15. The Kier molecular flexibility index (Phi) is 70.6. The maximum atomic E-state index is 8.33. The second-order valence-corrected chi connectivity index (χ2v) is 1.25. The third-order valence-corrected chi connectivity index (χ3v) is 0. The van der Waals surface area contributed by atoms with Crippen LogP contribution in [0.3, 0.4) is 0 Å². The van der Waals surface area contributed by atoms with Crippen LogP contribution in [-0.4, -0.2) is 30.8 Å². The SMILES string of the molecule is O=C([O-])[O-].O=C([O-])[O-].O=C([O-])[O-].O=C([O-])[O-].O=C([O-])[O-].[Nb+5].[Nb+5]. The molecule has 0 fully saturated rings. The molecule has 0 saturated carbocycles. The molecule has 0 aliphatic rings. The van der Waals surface area contributed by atoms with Gasteiger partial charge in [0.15, 0.2) is 0 Å². The van der Waals surface area contributed by atoms with Crippen LogP contribution in [0.4, 0.5) is 24.0 Å². The molecule has 0 radical (unpaired) electrons. The Morgan fingerprint density at radius 3 is 0.318 bits per heavy atom. The van der Waals surface area contributed by atoms with Crippen molar-refractivity contribution in [3.8, 4) is 0 Å². The van der Waals surface area contributed by atoms with Gasteiger partial charge in [-0.05, 0) is 30.8 Å². The minimum absolute atomic E-state index is 0. The van der Waals surface area contributed by atoms with Gasteiger partial charge in [0.05, 0.1) is 0 Å². The summed E-state index contributed by atoms with van der Waals surface area (Å²) in [6.07, 6.45) is -11.7. The summed E-state index contributed by atoms with van der Waals surface area (Å²) in [5.41, 5.74) is 0. The number of carbonyl (C=O) groups is 5. The summed E-state index contributed by atoms with van der Waals surface area (Å²) in [6, 6.07) is 0. The van der Waals surface area contributed by atoms with Crippen molar-refractivity contribution >= 4 is 30.8 Å². The molecule has 0 bridgehead atoms. The van der Waals surface area contributed by atoms with Crippen LogP contribution in [0.2, 0.25) is 0 Å². The summed E-state index contributed by atoms with van der Waals surface area (Å²) >= 11 is 0. The minimum atomic E-state index is -2.33. The Labute approximate surface area is 150 Å². The number of carboxylic acid groups (broad SMARTS) is 10. The number of hydrogen-bond donors (Lipinski definition) is 0. The van der Waals surface area contributed by atoms with Crippen LogP contribution in [0.5, 0.6) is 0 Å². The van der Waals surface area contributed by atoms with Gasteiger partial charge < -0.3 is 75.0 Å². The fourth-order valence-corrected chi connectivity index (χ4v) is 0. The molecule has 22 heavy (non-hydrogen) atoms. The van der Waals surface area contributed by atoms with Gasteiger partial charge >= 0.3 is 44.8 Å². The zero-order valence-electron chi connectivity index (χ0n) is 9.52. The molecule has 0 amide bonds. The van der Waals surface area contributed by atoms with E-state index in [4.69, 9.17) is 75.0 Å². The van der Waals surface area contributed by atoms with Crippen LogP contribution in [0.1, 0.15) is 0 Å². The van der Waals surface area contributed by atoms with E-state index in [9.17, 15) is 0 Å². The molecule has 0 N–H and O–H groups in total. The molecule has 15 nitrogen and oxygen atoms in total. The predicted molar refractivity (Wildman–Crippen MR) is 27.0 cm³/mol. The number of rotatable bonds is 0. The smallest absolute Gasteiger partial charge is 0.652 e. The normalized spacial score (nSPS) is 5.45. The molecule has 17 heteroatoms. The van der Waals surface area contributed by atoms with Crippen molar-refractivity contribution in [2.45, 2.75) is 0 Å². The quantitative estimate of drug-likeness (QED) is 0.287. The zero-order chi connectivity index (χ0) is 17.9. The molecule has 0 spiro atoms. The molecular formula is C5Nb2O15. The largest absolute Gasteiger partial charge is 5.00 e. The van der Waals surface area contributed by atoms with Crippen LogP contribution >= 0.6 is 0 Å². The fourth-order valence-electron chi connectivity index (χ4n) is 0. The van der Waals surface area contributed by atoms with Gasteiger partial charge in [0.1, 0.15) is 0 Å². The van der Waals surface area contributed by atoms with Crippen LogP contribution < -0.4 is 51.1 Å². The molecule has 0 atom stereocenters. The average Bonchev–Trinajstić information content (AvgIpc) is 1.94. The monoisotopic (exact) mass is 486 g/mol. The van der Waals surface area contributed by atoms with Gasteiger partial charge in [0.25, 0.3) is 0 Å². The van der Waals surface area contributed by atoms with E-state index < -0.39 is 30.8 Å². The standard InChI is InChI=1S/5CH2O3.2Nb/c5*2-1(3)4;;/h5*(H2,2,3,4);;/q;;;;;2*+5/p-10. The molecule has 0 rings (SSSR count). The van der Waals surface area contributed by atoms with Crippen molar-refractivity contribution in [1.29, 1.82) is 0 Å². The first-order valence-electron chi connectivity index (χ1n) is 3.06. The Morgan fingerprint density at radius 2 is 0.318 bits per heavy atom. The van der Waals surface area contributed by atoms with Gasteiger partial charge in [-0.25, -0.2) is 0 Å². The van der Waals surface area contributed by atoms with Gasteiger partial charge in [0.2, 0.25) is 0 Å². The summed E-state index contributed by atoms with van der Waals surface area (Å²) < 4.78 is 0. The third-order valence-electron chi connectivity index (χ3n) is 0. The molecule has 120 valence electrons. The average molecular weight is 486 g/mol. The zero-order valence-corrected chi connectivity index (χ0v) is 13.9. The predicted octanol–water partition coefficient (Wildman–Crippen LogP) is -12.2. The summed E-state index contributed by atoms with van der Waals surface area (Å²) in [5.74, 6) is 0. The van der Waals surface area contributed by atoms with Crippen molar-refractivity contribution < 1.29 is 120 Å². The van der Waals surface area contributed by atoms with Gasteiger partial charge in [0, 0.05) is 0 Å². The Morgan fingerprint density at radius 1 is 0.318 bits per heavy atom. The fraction of sp³-hybridized carbons (Fsp3) is 0. The second kappa shape index (κ2) is 36.4. The van der Waals surface area contributed by atoms with E-state index in [-0.39, 0.29) is 44.8 Å². The molecule has 0 aromatic rings. The summed E-state index contributed by atoms with van der Waals surface area (Å²) in [4.78, 5) is 41.7. The van der Waals surface area contributed by atoms with E-state index in [2.05, 4.69) is 0 Å². The molecule has 0 aliphatic heterocycles. The third kappa shape index (κ3) is 1070. The van der Waals surface area contributed by atoms with Crippen LogP contribution in [0.25, 0.3) is 0 Å². The van der Waals surface area contributed by atoms with Crippen molar-refractivity contribution in [2.75, 3.05) is 0 Å². The maximum Gasteiger partial charge on any atom is 5.00 e. The van der Waals surface area contributed by atoms with Gasteiger partial charge in [-0.1, -0.05) is 0 Å². The Hall–Kier alpha value is -2.17. The summed E-state index contributed by atoms with van der Waals surface area (Å²) in [5, 5.41) is 83.3. The first-order valence-corrected chi connectivity index (χ1v) is 3.06. The first-order chi connectivity index (χ1) is 8.66.